The quantitative estimate of drug-likeness (QED) is 0.793. The zero-order valence-corrected chi connectivity index (χ0v) is 10.7. The Labute approximate surface area is 110 Å². The summed E-state index contributed by atoms with van der Waals surface area (Å²) in [5.41, 5.74) is 2.09. The third-order valence-corrected chi connectivity index (χ3v) is 3.60. The Morgan fingerprint density at radius 1 is 1.33 bits per heavy atom. The molecule has 2 aromatic rings. The zero-order valence-electron chi connectivity index (χ0n) is 9.92. The Balaban J connectivity index is 1.72. The van der Waals surface area contributed by atoms with Gasteiger partial charge in [0.05, 0.1) is 22.7 Å². The Hall–Kier alpha value is -1.55. The lowest BCUT2D eigenvalue weighted by Gasteiger charge is -2.16. The van der Waals surface area contributed by atoms with Crippen LogP contribution in [0.5, 0.6) is 0 Å². The molecule has 1 amide bonds. The average molecular weight is 264 g/mol. The second-order valence-corrected chi connectivity index (χ2v) is 5.19. The number of amides is 1. The normalized spacial score (nSPS) is 19.9. The molecule has 1 aromatic heterocycles. The smallest absolute Gasteiger partial charge is 0.224 e. The second kappa shape index (κ2) is 4.61. The lowest BCUT2D eigenvalue weighted by molar-refractivity contribution is -0.127. The Bertz CT molecular complexity index is 580. The number of alkyl halides is 1. The van der Waals surface area contributed by atoms with Crippen LogP contribution in [0.4, 0.5) is 0 Å². The SMILES string of the molecule is O=C1CC(Cl)CN1CCn1cnc2ccccc21. The molecule has 1 aromatic carbocycles. The van der Waals surface area contributed by atoms with E-state index in [2.05, 4.69) is 9.55 Å². The maximum absolute atomic E-state index is 11.6. The van der Waals surface area contributed by atoms with Crippen LogP contribution < -0.4 is 0 Å². The van der Waals surface area contributed by atoms with Crippen LogP contribution >= 0.6 is 11.6 Å². The molecule has 1 aliphatic heterocycles. The topological polar surface area (TPSA) is 38.1 Å². The first-order valence-corrected chi connectivity index (χ1v) is 6.49. The molecular formula is C13H14ClN3O. The molecule has 0 N–H and O–H groups in total. The summed E-state index contributed by atoms with van der Waals surface area (Å²) in [4.78, 5) is 17.8. The van der Waals surface area contributed by atoms with Crippen LogP contribution in [0.25, 0.3) is 11.0 Å². The molecule has 0 spiro atoms. The Morgan fingerprint density at radius 2 is 2.17 bits per heavy atom. The van der Waals surface area contributed by atoms with Crippen molar-refractivity contribution >= 4 is 28.5 Å². The molecule has 1 aliphatic rings. The van der Waals surface area contributed by atoms with Crippen molar-refractivity contribution < 1.29 is 4.79 Å². The largest absolute Gasteiger partial charge is 0.339 e. The summed E-state index contributed by atoms with van der Waals surface area (Å²) in [6.07, 6.45) is 2.29. The van der Waals surface area contributed by atoms with Crippen molar-refractivity contribution in [1.82, 2.24) is 14.5 Å². The van der Waals surface area contributed by atoms with E-state index in [1.807, 2.05) is 35.5 Å². The van der Waals surface area contributed by atoms with E-state index in [1.165, 1.54) is 0 Å². The molecular weight excluding hydrogens is 250 g/mol. The highest BCUT2D eigenvalue weighted by molar-refractivity contribution is 6.22. The van der Waals surface area contributed by atoms with Crippen molar-refractivity contribution in [3.63, 3.8) is 0 Å². The fourth-order valence-electron chi connectivity index (χ4n) is 2.36. The summed E-state index contributed by atoms with van der Waals surface area (Å²) in [6.45, 7) is 2.12. The molecule has 0 saturated carbocycles. The minimum Gasteiger partial charge on any atom is -0.339 e. The van der Waals surface area contributed by atoms with Crippen molar-refractivity contribution in [2.45, 2.75) is 18.3 Å². The number of hydrogen-bond acceptors (Lipinski definition) is 2. The van der Waals surface area contributed by atoms with E-state index >= 15 is 0 Å². The van der Waals surface area contributed by atoms with Gasteiger partial charge in [0.25, 0.3) is 0 Å². The lowest BCUT2D eigenvalue weighted by Crippen LogP contribution is -2.29. The second-order valence-electron chi connectivity index (χ2n) is 4.57. The molecule has 1 unspecified atom stereocenters. The number of para-hydroxylation sites is 2. The number of halogens is 1. The van der Waals surface area contributed by atoms with E-state index in [1.54, 1.807) is 0 Å². The molecule has 0 bridgehead atoms. The van der Waals surface area contributed by atoms with Crippen molar-refractivity contribution in [2.75, 3.05) is 13.1 Å². The molecule has 1 saturated heterocycles. The third-order valence-electron chi connectivity index (χ3n) is 3.31. The van der Waals surface area contributed by atoms with Crippen LogP contribution in [0.1, 0.15) is 6.42 Å². The minimum absolute atomic E-state index is 0.0305. The highest BCUT2D eigenvalue weighted by Gasteiger charge is 2.27. The van der Waals surface area contributed by atoms with Crippen LogP contribution in [0.2, 0.25) is 0 Å². The first-order chi connectivity index (χ1) is 8.74. The summed E-state index contributed by atoms with van der Waals surface area (Å²) < 4.78 is 2.07. The van der Waals surface area contributed by atoms with Crippen molar-refractivity contribution in [1.29, 1.82) is 0 Å². The minimum atomic E-state index is -0.0305. The van der Waals surface area contributed by atoms with E-state index < -0.39 is 0 Å². The molecule has 1 atom stereocenters. The molecule has 5 heteroatoms. The summed E-state index contributed by atoms with van der Waals surface area (Å²) >= 11 is 5.98. The molecule has 18 heavy (non-hydrogen) atoms. The summed E-state index contributed by atoms with van der Waals surface area (Å²) in [6, 6.07) is 8.00. The predicted octanol–water partition coefficient (Wildman–Crippen LogP) is 1.88. The summed E-state index contributed by atoms with van der Waals surface area (Å²) in [5, 5.41) is -0.0305. The number of hydrogen-bond donors (Lipinski definition) is 0. The third kappa shape index (κ3) is 2.08. The van der Waals surface area contributed by atoms with E-state index in [-0.39, 0.29) is 11.3 Å². The number of benzene rings is 1. The molecule has 0 aliphatic carbocycles. The summed E-state index contributed by atoms with van der Waals surface area (Å²) in [7, 11) is 0. The van der Waals surface area contributed by atoms with Crippen LogP contribution in [0, 0.1) is 0 Å². The summed E-state index contributed by atoms with van der Waals surface area (Å²) in [5.74, 6) is 0.152. The maximum Gasteiger partial charge on any atom is 0.224 e. The number of likely N-dealkylation sites (tertiary alicyclic amines) is 1. The maximum atomic E-state index is 11.6. The van der Waals surface area contributed by atoms with Gasteiger partial charge in [-0.3, -0.25) is 4.79 Å². The lowest BCUT2D eigenvalue weighted by atomic mass is 10.3. The van der Waals surface area contributed by atoms with E-state index in [9.17, 15) is 4.79 Å². The Kier molecular flexibility index (Phi) is 2.96. The fraction of sp³-hybridized carbons (Fsp3) is 0.385. The van der Waals surface area contributed by atoms with Gasteiger partial charge >= 0.3 is 0 Å². The fourth-order valence-corrected chi connectivity index (χ4v) is 2.66. The van der Waals surface area contributed by atoms with Crippen molar-refractivity contribution in [3.05, 3.63) is 30.6 Å². The van der Waals surface area contributed by atoms with Crippen molar-refractivity contribution in [3.8, 4) is 0 Å². The Morgan fingerprint density at radius 3 is 2.94 bits per heavy atom. The van der Waals surface area contributed by atoms with Gasteiger partial charge in [0, 0.05) is 26.1 Å². The molecule has 4 nitrogen and oxygen atoms in total. The van der Waals surface area contributed by atoms with Gasteiger partial charge < -0.3 is 9.47 Å². The average Bonchev–Trinajstić information content (AvgIpc) is 2.90. The van der Waals surface area contributed by atoms with E-state index in [0.29, 0.717) is 19.5 Å². The van der Waals surface area contributed by atoms with Gasteiger partial charge in [-0.2, -0.15) is 0 Å². The van der Waals surface area contributed by atoms with Gasteiger partial charge in [-0.05, 0) is 12.1 Å². The first kappa shape index (κ1) is 11.5. The van der Waals surface area contributed by atoms with Gasteiger partial charge in [-0.1, -0.05) is 12.1 Å². The van der Waals surface area contributed by atoms with E-state index in [4.69, 9.17) is 11.6 Å². The van der Waals surface area contributed by atoms with Gasteiger partial charge in [0.1, 0.15) is 0 Å². The van der Waals surface area contributed by atoms with Crippen LogP contribution in [-0.4, -0.2) is 38.8 Å². The highest BCUT2D eigenvalue weighted by Crippen LogP contribution is 2.17. The monoisotopic (exact) mass is 263 g/mol. The number of carbonyl (C=O) groups excluding carboxylic acids is 1. The van der Waals surface area contributed by atoms with Crippen LogP contribution in [-0.2, 0) is 11.3 Å². The molecule has 94 valence electrons. The predicted molar refractivity (Wildman–Crippen MR) is 70.6 cm³/mol. The zero-order chi connectivity index (χ0) is 12.5. The molecule has 1 fully saturated rings. The van der Waals surface area contributed by atoms with Gasteiger partial charge in [0.15, 0.2) is 0 Å². The van der Waals surface area contributed by atoms with Gasteiger partial charge in [0.2, 0.25) is 5.91 Å². The number of carbonyl (C=O) groups is 1. The van der Waals surface area contributed by atoms with Crippen LogP contribution in [0.3, 0.4) is 0 Å². The number of nitrogens with zero attached hydrogens (tertiary/aromatic N) is 3. The van der Waals surface area contributed by atoms with Gasteiger partial charge in [-0.15, -0.1) is 11.6 Å². The first-order valence-electron chi connectivity index (χ1n) is 6.06. The standard InChI is InChI=1S/C13H14ClN3O/c14-10-7-13(18)16(8-10)5-6-17-9-15-11-3-1-2-4-12(11)17/h1-4,9-10H,5-8H2. The van der Waals surface area contributed by atoms with Crippen LogP contribution in [0.15, 0.2) is 30.6 Å². The number of aromatic nitrogens is 2. The number of imidazole rings is 1. The van der Waals surface area contributed by atoms with E-state index in [0.717, 1.165) is 17.6 Å². The molecule has 3 rings (SSSR count). The molecule has 2 heterocycles. The van der Waals surface area contributed by atoms with Gasteiger partial charge in [-0.25, -0.2) is 4.98 Å². The molecule has 0 radical (unpaired) electrons. The highest BCUT2D eigenvalue weighted by atomic mass is 35.5. The van der Waals surface area contributed by atoms with Crippen molar-refractivity contribution in [2.24, 2.45) is 0 Å². The number of rotatable bonds is 3. The number of fused-ring (bicyclic) bond motifs is 1.